The quantitative estimate of drug-likeness (QED) is 0.653. The van der Waals surface area contributed by atoms with Crippen molar-refractivity contribution in [3.8, 4) is 0 Å². The Hall–Kier alpha value is -2.44. The summed E-state index contributed by atoms with van der Waals surface area (Å²) < 4.78 is 13.3. The van der Waals surface area contributed by atoms with Gasteiger partial charge in [-0.15, -0.1) is 0 Å². The van der Waals surface area contributed by atoms with Crippen LogP contribution >= 0.6 is 0 Å². The van der Waals surface area contributed by atoms with E-state index in [2.05, 4.69) is 22.7 Å². The fourth-order valence-corrected chi connectivity index (χ4v) is 2.68. The van der Waals surface area contributed by atoms with Crippen LogP contribution in [0.2, 0.25) is 0 Å². The van der Waals surface area contributed by atoms with Crippen molar-refractivity contribution in [2.75, 3.05) is 20.6 Å². The van der Waals surface area contributed by atoms with Crippen LogP contribution in [0.4, 0.5) is 10.1 Å². The van der Waals surface area contributed by atoms with Crippen LogP contribution < -0.4 is 0 Å². The topological polar surface area (TPSA) is 7.60 Å². The van der Waals surface area contributed by atoms with Gasteiger partial charge in [-0.05, 0) is 55.8 Å². The van der Waals surface area contributed by atoms with E-state index in [1.165, 1.54) is 12.1 Å². The van der Waals surface area contributed by atoms with Gasteiger partial charge in [0.25, 0.3) is 0 Å². The average molecular weight is 322 g/mol. The van der Waals surface area contributed by atoms with E-state index in [4.69, 9.17) is 6.57 Å². The second-order valence-electron chi connectivity index (χ2n) is 6.02. The maximum absolute atomic E-state index is 13.3. The van der Waals surface area contributed by atoms with Crippen LogP contribution in [0.25, 0.3) is 10.4 Å². The molecule has 2 nitrogen and oxygen atoms in total. The van der Waals surface area contributed by atoms with Crippen LogP contribution in [-0.2, 0) is 6.42 Å². The normalized spacial score (nSPS) is 11.6. The molecular weight excluding hydrogens is 299 g/mol. The fourth-order valence-electron chi connectivity index (χ4n) is 2.68. The van der Waals surface area contributed by atoms with E-state index in [0.717, 1.165) is 41.6 Å². The molecule has 0 fully saturated rings. The van der Waals surface area contributed by atoms with E-state index in [-0.39, 0.29) is 5.82 Å². The number of hydrogen-bond acceptors (Lipinski definition) is 1. The standard InChI is InChI=1S/C21H23FN2/c1-5-16-15-19(23-2)12-13-21(16)20(7-6-14-24(3)4)17-8-10-18(22)11-9-17/h7-13,15H,5-6,14H2,1,3-4H3/b20-7+. The Morgan fingerprint density at radius 2 is 1.88 bits per heavy atom. The third-order valence-electron chi connectivity index (χ3n) is 3.97. The summed E-state index contributed by atoms with van der Waals surface area (Å²) in [6, 6.07) is 12.4. The zero-order valence-corrected chi connectivity index (χ0v) is 14.5. The van der Waals surface area contributed by atoms with Crippen molar-refractivity contribution >= 4 is 11.3 Å². The Morgan fingerprint density at radius 1 is 1.17 bits per heavy atom. The summed E-state index contributed by atoms with van der Waals surface area (Å²) in [5.74, 6) is -0.231. The second-order valence-corrected chi connectivity index (χ2v) is 6.02. The Kier molecular flexibility index (Phi) is 6.28. The Bertz CT molecular complexity index is 752. The summed E-state index contributed by atoms with van der Waals surface area (Å²) in [5, 5.41) is 0. The summed E-state index contributed by atoms with van der Waals surface area (Å²) in [7, 11) is 4.10. The summed E-state index contributed by atoms with van der Waals surface area (Å²) in [5.41, 5.74) is 5.02. The Labute approximate surface area is 144 Å². The number of rotatable bonds is 6. The van der Waals surface area contributed by atoms with E-state index in [9.17, 15) is 4.39 Å². The van der Waals surface area contributed by atoms with Crippen LogP contribution in [0.5, 0.6) is 0 Å². The van der Waals surface area contributed by atoms with Crippen LogP contribution in [0.1, 0.15) is 30.0 Å². The van der Waals surface area contributed by atoms with Gasteiger partial charge in [-0.2, -0.15) is 0 Å². The van der Waals surface area contributed by atoms with Gasteiger partial charge in [0.15, 0.2) is 5.69 Å². The van der Waals surface area contributed by atoms with Crippen molar-refractivity contribution < 1.29 is 4.39 Å². The van der Waals surface area contributed by atoms with E-state index in [0.29, 0.717) is 5.69 Å². The molecule has 0 aromatic heterocycles. The zero-order valence-electron chi connectivity index (χ0n) is 14.5. The Balaban J connectivity index is 2.50. The average Bonchev–Trinajstić information content (AvgIpc) is 2.59. The predicted octanol–water partition coefficient (Wildman–Crippen LogP) is 5.32. The molecule has 0 radical (unpaired) electrons. The van der Waals surface area contributed by atoms with Crippen molar-refractivity contribution in [2.24, 2.45) is 0 Å². The SMILES string of the molecule is [C-]#[N+]c1ccc(/C(=C/CCN(C)C)c2ccc(F)cc2)c(CC)c1. The highest BCUT2D eigenvalue weighted by atomic mass is 19.1. The highest BCUT2D eigenvalue weighted by molar-refractivity contribution is 5.82. The van der Waals surface area contributed by atoms with Crippen molar-refractivity contribution in [1.82, 2.24) is 4.90 Å². The molecular formula is C21H23FN2. The van der Waals surface area contributed by atoms with Crippen molar-refractivity contribution in [3.05, 3.63) is 82.5 Å². The Morgan fingerprint density at radius 3 is 2.46 bits per heavy atom. The predicted molar refractivity (Wildman–Crippen MR) is 98.7 cm³/mol. The van der Waals surface area contributed by atoms with Gasteiger partial charge in [0, 0.05) is 6.54 Å². The molecule has 3 heteroatoms. The third kappa shape index (κ3) is 4.53. The molecule has 24 heavy (non-hydrogen) atoms. The minimum atomic E-state index is -0.231. The molecule has 2 rings (SSSR count). The summed E-state index contributed by atoms with van der Waals surface area (Å²) in [6.45, 7) is 10.2. The van der Waals surface area contributed by atoms with Gasteiger partial charge < -0.3 is 4.90 Å². The molecule has 0 N–H and O–H groups in total. The van der Waals surface area contributed by atoms with Crippen LogP contribution in [0.3, 0.4) is 0 Å². The van der Waals surface area contributed by atoms with Gasteiger partial charge in [-0.1, -0.05) is 48.9 Å². The molecule has 124 valence electrons. The van der Waals surface area contributed by atoms with Crippen molar-refractivity contribution in [2.45, 2.75) is 19.8 Å². The van der Waals surface area contributed by atoms with E-state index >= 15 is 0 Å². The van der Waals surface area contributed by atoms with E-state index in [1.807, 2.05) is 44.4 Å². The lowest BCUT2D eigenvalue weighted by atomic mass is 9.91. The van der Waals surface area contributed by atoms with Crippen LogP contribution in [-0.4, -0.2) is 25.5 Å². The molecule has 0 bridgehead atoms. The number of aryl methyl sites for hydroxylation is 1. The van der Waals surface area contributed by atoms with Gasteiger partial charge in [0.1, 0.15) is 5.82 Å². The molecule has 2 aromatic rings. The molecule has 0 amide bonds. The highest BCUT2D eigenvalue weighted by Gasteiger charge is 2.10. The van der Waals surface area contributed by atoms with Crippen LogP contribution in [0, 0.1) is 12.4 Å². The number of hydrogen-bond donors (Lipinski definition) is 0. The lowest BCUT2D eigenvalue weighted by molar-refractivity contribution is 0.417. The largest absolute Gasteiger partial charge is 0.309 e. The minimum absolute atomic E-state index is 0.231. The minimum Gasteiger partial charge on any atom is -0.309 e. The molecule has 0 unspecified atom stereocenters. The van der Waals surface area contributed by atoms with Gasteiger partial charge in [-0.3, -0.25) is 0 Å². The monoisotopic (exact) mass is 322 g/mol. The lowest BCUT2D eigenvalue weighted by Gasteiger charge is -2.15. The number of benzene rings is 2. The maximum Gasteiger partial charge on any atom is 0.187 e. The van der Waals surface area contributed by atoms with E-state index in [1.54, 1.807) is 0 Å². The smallest absolute Gasteiger partial charge is 0.187 e. The first-order chi connectivity index (χ1) is 11.5. The first kappa shape index (κ1) is 17.9. The zero-order chi connectivity index (χ0) is 17.5. The first-order valence-electron chi connectivity index (χ1n) is 8.16. The van der Waals surface area contributed by atoms with Gasteiger partial charge >= 0.3 is 0 Å². The highest BCUT2D eigenvalue weighted by Crippen LogP contribution is 2.30. The molecule has 0 saturated heterocycles. The van der Waals surface area contributed by atoms with Crippen molar-refractivity contribution in [1.29, 1.82) is 0 Å². The van der Waals surface area contributed by atoms with Crippen molar-refractivity contribution in [3.63, 3.8) is 0 Å². The molecule has 0 spiro atoms. The summed E-state index contributed by atoms with van der Waals surface area (Å²) in [6.07, 6.45) is 3.97. The van der Waals surface area contributed by atoms with Gasteiger partial charge in [0.2, 0.25) is 0 Å². The first-order valence-corrected chi connectivity index (χ1v) is 8.16. The molecule has 0 aliphatic carbocycles. The fraction of sp³-hybridized carbons (Fsp3) is 0.286. The molecule has 0 heterocycles. The molecule has 0 aliphatic heterocycles. The third-order valence-corrected chi connectivity index (χ3v) is 3.97. The molecule has 2 aromatic carbocycles. The van der Waals surface area contributed by atoms with Gasteiger partial charge in [0.05, 0.1) is 6.57 Å². The molecule has 0 atom stereocenters. The number of halogens is 1. The summed E-state index contributed by atoms with van der Waals surface area (Å²) in [4.78, 5) is 5.66. The van der Waals surface area contributed by atoms with Gasteiger partial charge in [-0.25, -0.2) is 9.24 Å². The van der Waals surface area contributed by atoms with E-state index < -0.39 is 0 Å². The maximum atomic E-state index is 13.3. The second kappa shape index (κ2) is 8.42. The van der Waals surface area contributed by atoms with Crippen LogP contribution in [0.15, 0.2) is 48.5 Å². The lowest BCUT2D eigenvalue weighted by Crippen LogP contribution is -2.12. The summed E-state index contributed by atoms with van der Waals surface area (Å²) >= 11 is 0. The number of nitrogens with zero attached hydrogens (tertiary/aromatic N) is 2. The molecule has 0 aliphatic rings. The molecule has 0 saturated carbocycles.